The summed E-state index contributed by atoms with van der Waals surface area (Å²) in [7, 11) is 0. The molecule has 0 radical (unpaired) electrons. The molecule has 3 aromatic rings. The minimum absolute atomic E-state index is 0.0213. The molecular formula is C26H24ClF4N5O2S. The second kappa shape index (κ2) is 11.6. The van der Waals surface area contributed by atoms with Gasteiger partial charge in [0.2, 0.25) is 5.91 Å². The third kappa shape index (κ3) is 7.07. The van der Waals surface area contributed by atoms with Crippen molar-refractivity contribution in [3.8, 4) is 0 Å². The molecule has 1 aromatic carbocycles. The SMILES string of the molecule is C=CC(/C=C(\C)C(F)(F)F)=Nc1nsc2c(NC(=O)c3c(Cl)ccc(CNC(=O)C(C)(C)C)c3F)ccnc12. The van der Waals surface area contributed by atoms with Gasteiger partial charge in [-0.25, -0.2) is 9.38 Å². The van der Waals surface area contributed by atoms with Crippen molar-refractivity contribution in [1.29, 1.82) is 0 Å². The number of allylic oxidation sites excluding steroid dienone is 3. The first-order chi connectivity index (χ1) is 18.1. The van der Waals surface area contributed by atoms with Crippen LogP contribution in [-0.4, -0.2) is 33.1 Å². The maximum absolute atomic E-state index is 15.3. The second-order valence-electron chi connectivity index (χ2n) is 9.39. The number of rotatable bonds is 7. The number of nitrogens with zero attached hydrogens (tertiary/aromatic N) is 3. The number of nitrogens with one attached hydrogen (secondary N) is 2. The molecule has 0 saturated heterocycles. The number of pyridine rings is 1. The van der Waals surface area contributed by atoms with Crippen molar-refractivity contribution in [1.82, 2.24) is 14.7 Å². The van der Waals surface area contributed by atoms with Crippen molar-refractivity contribution in [2.75, 3.05) is 5.32 Å². The number of aliphatic imine (C=N–C) groups is 1. The standard InChI is InChI=1S/C26H24ClF4N5O2S/c1-6-15(11-13(2)26(29,30)31)34-22-20-21(39-36-22)17(9-10-32-20)35-23(37)18-16(27)8-7-14(19(18)28)12-33-24(38)25(3,4)5/h6-11H,1,12H2,2-5H3,(H,33,38)(H,32,35,37)/b13-11+,34-15?. The predicted octanol–water partition coefficient (Wildman–Crippen LogP) is 7.17. The van der Waals surface area contributed by atoms with E-state index < -0.39 is 34.5 Å². The number of amides is 2. The Morgan fingerprint density at radius 1 is 1.21 bits per heavy atom. The lowest BCUT2D eigenvalue weighted by Crippen LogP contribution is -2.34. The maximum atomic E-state index is 15.3. The molecule has 0 aliphatic carbocycles. The van der Waals surface area contributed by atoms with Crippen LogP contribution in [0.25, 0.3) is 10.2 Å². The van der Waals surface area contributed by atoms with Crippen LogP contribution in [0.2, 0.25) is 5.02 Å². The number of alkyl halides is 3. The fourth-order valence-corrected chi connectivity index (χ4v) is 4.12. The fraction of sp³-hybridized carbons (Fsp3) is 0.269. The quantitative estimate of drug-likeness (QED) is 0.228. The molecule has 0 unspecified atom stereocenters. The highest BCUT2D eigenvalue weighted by molar-refractivity contribution is 7.14. The smallest absolute Gasteiger partial charge is 0.351 e. The van der Waals surface area contributed by atoms with Crippen molar-refractivity contribution in [3.05, 3.63) is 70.7 Å². The number of hydrogen-bond donors (Lipinski definition) is 2. The van der Waals surface area contributed by atoms with E-state index in [2.05, 4.69) is 31.6 Å². The predicted molar refractivity (Wildman–Crippen MR) is 145 cm³/mol. The van der Waals surface area contributed by atoms with Crippen LogP contribution in [0.5, 0.6) is 0 Å². The average molecular weight is 582 g/mol. The Hall–Kier alpha value is -3.64. The summed E-state index contributed by atoms with van der Waals surface area (Å²) >= 11 is 7.04. The van der Waals surface area contributed by atoms with Gasteiger partial charge in [-0.05, 0) is 42.7 Å². The highest BCUT2D eigenvalue weighted by Crippen LogP contribution is 2.34. The second-order valence-corrected chi connectivity index (χ2v) is 10.6. The fourth-order valence-electron chi connectivity index (χ4n) is 3.13. The first-order valence-corrected chi connectivity index (χ1v) is 12.6. The van der Waals surface area contributed by atoms with E-state index >= 15 is 4.39 Å². The molecule has 2 heterocycles. The molecule has 3 rings (SSSR count). The molecule has 2 N–H and O–H groups in total. The number of anilines is 1. The van der Waals surface area contributed by atoms with Crippen molar-refractivity contribution in [2.45, 2.75) is 40.4 Å². The molecule has 13 heteroatoms. The number of carbonyl (C=O) groups excluding carboxylic acids is 2. The van der Waals surface area contributed by atoms with Crippen molar-refractivity contribution >= 4 is 62.4 Å². The summed E-state index contributed by atoms with van der Waals surface area (Å²) in [6.07, 6.45) is -1.22. The molecule has 7 nitrogen and oxygen atoms in total. The Morgan fingerprint density at radius 3 is 2.51 bits per heavy atom. The van der Waals surface area contributed by atoms with E-state index in [0.29, 0.717) is 4.70 Å². The van der Waals surface area contributed by atoms with E-state index in [1.807, 2.05) is 0 Å². The lowest BCUT2D eigenvalue weighted by atomic mass is 9.95. The van der Waals surface area contributed by atoms with Crippen LogP contribution in [0.4, 0.5) is 29.1 Å². The third-order valence-electron chi connectivity index (χ3n) is 5.36. The van der Waals surface area contributed by atoms with E-state index in [9.17, 15) is 22.8 Å². The number of halogens is 5. The summed E-state index contributed by atoms with van der Waals surface area (Å²) in [6, 6.07) is 4.18. The van der Waals surface area contributed by atoms with E-state index in [0.717, 1.165) is 30.6 Å². The Labute approximate surface area is 230 Å². The molecule has 0 saturated carbocycles. The molecule has 39 heavy (non-hydrogen) atoms. The summed E-state index contributed by atoms with van der Waals surface area (Å²) in [5.41, 5.74) is -1.58. The monoisotopic (exact) mass is 581 g/mol. The van der Waals surface area contributed by atoms with Gasteiger partial charge in [0, 0.05) is 29.3 Å². The van der Waals surface area contributed by atoms with Crippen LogP contribution >= 0.6 is 23.1 Å². The molecule has 2 aromatic heterocycles. The van der Waals surface area contributed by atoms with E-state index in [-0.39, 0.29) is 45.8 Å². The summed E-state index contributed by atoms with van der Waals surface area (Å²) in [5.74, 6) is -2.03. The van der Waals surface area contributed by atoms with Crippen molar-refractivity contribution in [2.24, 2.45) is 10.4 Å². The molecule has 0 spiro atoms. The molecule has 0 bridgehead atoms. The lowest BCUT2D eigenvalue weighted by Gasteiger charge is -2.18. The van der Waals surface area contributed by atoms with Crippen LogP contribution in [0.15, 0.2) is 53.7 Å². The zero-order chi connectivity index (χ0) is 29.1. The Bertz CT molecular complexity index is 1510. The van der Waals surface area contributed by atoms with E-state index in [1.54, 1.807) is 20.8 Å². The maximum Gasteiger partial charge on any atom is 0.412 e. The Kier molecular flexibility index (Phi) is 8.91. The summed E-state index contributed by atoms with van der Waals surface area (Å²) in [5, 5.41) is 5.07. The first-order valence-electron chi connectivity index (χ1n) is 11.4. The van der Waals surface area contributed by atoms with E-state index in [1.165, 1.54) is 24.4 Å². The van der Waals surface area contributed by atoms with Gasteiger partial charge < -0.3 is 10.6 Å². The van der Waals surface area contributed by atoms with Crippen molar-refractivity contribution in [3.63, 3.8) is 0 Å². The highest BCUT2D eigenvalue weighted by atomic mass is 35.5. The summed E-state index contributed by atoms with van der Waals surface area (Å²) in [6.45, 7) is 9.38. The van der Waals surface area contributed by atoms with Gasteiger partial charge in [0.05, 0.1) is 26.7 Å². The van der Waals surface area contributed by atoms with Gasteiger partial charge in [-0.1, -0.05) is 45.0 Å². The molecule has 0 aliphatic rings. The normalized spacial score (nSPS) is 12.9. The minimum atomic E-state index is -4.53. The Morgan fingerprint density at radius 2 is 1.90 bits per heavy atom. The van der Waals surface area contributed by atoms with E-state index in [4.69, 9.17) is 11.6 Å². The van der Waals surface area contributed by atoms with Crippen LogP contribution in [-0.2, 0) is 11.3 Å². The summed E-state index contributed by atoms with van der Waals surface area (Å²) in [4.78, 5) is 33.5. The van der Waals surface area contributed by atoms with Crippen LogP contribution in [0, 0.1) is 11.2 Å². The van der Waals surface area contributed by atoms with Crippen molar-refractivity contribution < 1.29 is 27.2 Å². The molecule has 206 valence electrons. The van der Waals surface area contributed by atoms with Gasteiger partial charge in [0.15, 0.2) is 5.82 Å². The molecule has 0 aliphatic heterocycles. The van der Waals surface area contributed by atoms with Gasteiger partial charge in [0.1, 0.15) is 11.3 Å². The van der Waals surface area contributed by atoms with Gasteiger partial charge in [-0.3, -0.25) is 14.6 Å². The van der Waals surface area contributed by atoms with Crippen LogP contribution in [0.3, 0.4) is 0 Å². The molecule has 2 amide bonds. The average Bonchev–Trinajstić information content (AvgIpc) is 3.25. The van der Waals surface area contributed by atoms with Crippen LogP contribution in [0.1, 0.15) is 43.6 Å². The summed E-state index contributed by atoms with van der Waals surface area (Å²) < 4.78 is 58.6. The number of benzene rings is 1. The number of fused-ring (bicyclic) bond motifs is 1. The third-order valence-corrected chi connectivity index (χ3v) is 6.54. The topological polar surface area (TPSA) is 96.3 Å². The highest BCUT2D eigenvalue weighted by Gasteiger charge is 2.30. The number of aromatic nitrogens is 2. The van der Waals surface area contributed by atoms with Gasteiger partial charge in [-0.2, -0.15) is 17.5 Å². The zero-order valence-electron chi connectivity index (χ0n) is 21.3. The van der Waals surface area contributed by atoms with Gasteiger partial charge in [-0.15, -0.1) is 0 Å². The number of hydrogen-bond acceptors (Lipinski definition) is 6. The molecular weight excluding hydrogens is 558 g/mol. The minimum Gasteiger partial charge on any atom is -0.351 e. The van der Waals surface area contributed by atoms with Gasteiger partial charge >= 0.3 is 6.18 Å². The molecule has 0 atom stereocenters. The van der Waals surface area contributed by atoms with Gasteiger partial charge in [0.25, 0.3) is 5.91 Å². The van der Waals surface area contributed by atoms with Crippen LogP contribution < -0.4 is 10.6 Å². The number of carbonyl (C=O) groups is 2. The zero-order valence-corrected chi connectivity index (χ0v) is 22.9. The first kappa shape index (κ1) is 29.9. The Balaban J connectivity index is 1.92. The lowest BCUT2D eigenvalue weighted by molar-refractivity contribution is -0.128. The largest absolute Gasteiger partial charge is 0.412 e. The molecule has 0 fully saturated rings.